The highest BCUT2D eigenvalue weighted by Gasteiger charge is 2.15. The molecule has 0 bridgehead atoms. The van der Waals surface area contributed by atoms with Crippen molar-refractivity contribution in [2.45, 2.75) is 38.1 Å². The Morgan fingerprint density at radius 2 is 2.25 bits per heavy atom. The number of pyridine rings is 1. The van der Waals surface area contributed by atoms with Crippen molar-refractivity contribution in [2.75, 3.05) is 0 Å². The molecule has 3 N–H and O–H groups in total. The molecule has 4 nitrogen and oxygen atoms in total. The van der Waals surface area contributed by atoms with Crippen LogP contribution in [0, 0.1) is 0 Å². The van der Waals surface area contributed by atoms with E-state index in [9.17, 15) is 4.79 Å². The summed E-state index contributed by atoms with van der Waals surface area (Å²) in [5.74, 6) is -0.870. The van der Waals surface area contributed by atoms with E-state index in [4.69, 9.17) is 10.8 Å². The molecule has 4 heteroatoms. The molecular formula is C12H16N2O2. The average Bonchev–Trinajstić information content (AvgIpc) is 2.27. The molecule has 0 saturated heterocycles. The van der Waals surface area contributed by atoms with Crippen molar-refractivity contribution < 1.29 is 9.90 Å². The lowest BCUT2D eigenvalue weighted by Gasteiger charge is -2.17. The Labute approximate surface area is 94.5 Å². The quantitative estimate of drug-likeness (QED) is 0.808. The largest absolute Gasteiger partial charge is 0.481 e. The summed E-state index contributed by atoms with van der Waals surface area (Å²) in [6.07, 6.45) is 6.13. The number of carboxylic acids is 1. The lowest BCUT2D eigenvalue weighted by Crippen LogP contribution is -2.16. The van der Waals surface area contributed by atoms with Crippen LogP contribution in [-0.2, 0) is 17.6 Å². The smallest absolute Gasteiger partial charge is 0.305 e. The Bertz CT molecular complexity index is 404. The molecular weight excluding hydrogens is 204 g/mol. The first kappa shape index (κ1) is 11.1. The van der Waals surface area contributed by atoms with Crippen LogP contribution < -0.4 is 5.73 Å². The molecule has 0 amide bonds. The van der Waals surface area contributed by atoms with Crippen molar-refractivity contribution in [3.63, 3.8) is 0 Å². The predicted octanol–water partition coefficient (Wildman–Crippen LogP) is 1.43. The Morgan fingerprint density at radius 1 is 1.50 bits per heavy atom. The molecule has 0 spiro atoms. The van der Waals surface area contributed by atoms with Gasteiger partial charge in [0.25, 0.3) is 0 Å². The summed E-state index contributed by atoms with van der Waals surface area (Å²) in [6, 6.07) is 1.58. The number of rotatable bonds is 3. The van der Waals surface area contributed by atoms with Gasteiger partial charge in [0.15, 0.2) is 0 Å². The molecule has 1 aromatic heterocycles. The number of carboxylic acid groups (broad SMARTS) is 1. The van der Waals surface area contributed by atoms with Crippen LogP contribution in [0.25, 0.3) is 0 Å². The van der Waals surface area contributed by atoms with Crippen LogP contribution in [0.4, 0.5) is 0 Å². The van der Waals surface area contributed by atoms with Gasteiger partial charge in [-0.15, -0.1) is 0 Å². The monoisotopic (exact) mass is 220 g/mol. The number of carbonyl (C=O) groups is 1. The second-order valence-corrected chi connectivity index (χ2v) is 4.29. The molecule has 0 radical (unpaired) electrons. The number of nitrogens with zero attached hydrogens (tertiary/aromatic N) is 1. The van der Waals surface area contributed by atoms with Crippen LogP contribution in [0.2, 0.25) is 0 Å². The van der Waals surface area contributed by atoms with E-state index >= 15 is 0 Å². The van der Waals surface area contributed by atoms with E-state index in [1.54, 1.807) is 6.20 Å². The highest BCUT2D eigenvalue weighted by Crippen LogP contribution is 2.22. The third-order valence-corrected chi connectivity index (χ3v) is 3.01. The topological polar surface area (TPSA) is 76.2 Å². The number of aliphatic carboxylic acids is 1. The number of nitrogens with two attached hydrogens (primary N) is 1. The van der Waals surface area contributed by atoms with E-state index < -0.39 is 12.0 Å². The fourth-order valence-electron chi connectivity index (χ4n) is 2.12. The van der Waals surface area contributed by atoms with E-state index in [0.717, 1.165) is 24.1 Å². The fraction of sp³-hybridized carbons (Fsp3) is 0.500. The van der Waals surface area contributed by atoms with Crippen LogP contribution in [0.15, 0.2) is 12.3 Å². The molecule has 86 valence electrons. The van der Waals surface area contributed by atoms with Crippen molar-refractivity contribution in [1.82, 2.24) is 4.98 Å². The summed E-state index contributed by atoms with van der Waals surface area (Å²) in [5.41, 5.74) is 9.04. The van der Waals surface area contributed by atoms with Gasteiger partial charge in [0.05, 0.1) is 6.42 Å². The van der Waals surface area contributed by atoms with Crippen LogP contribution in [-0.4, -0.2) is 16.1 Å². The standard InChI is InChI=1S/C12H16N2O2/c13-10(6-12(15)16)9-5-8-3-1-2-4-11(8)14-7-9/h5,7,10H,1-4,6,13H2,(H,15,16). The summed E-state index contributed by atoms with van der Waals surface area (Å²) in [7, 11) is 0. The van der Waals surface area contributed by atoms with Gasteiger partial charge in [-0.25, -0.2) is 0 Å². The third kappa shape index (κ3) is 2.39. The zero-order valence-electron chi connectivity index (χ0n) is 9.15. The van der Waals surface area contributed by atoms with Gasteiger partial charge in [0, 0.05) is 17.9 Å². The Hall–Kier alpha value is -1.42. The lowest BCUT2D eigenvalue weighted by atomic mass is 9.93. The second kappa shape index (κ2) is 4.61. The zero-order chi connectivity index (χ0) is 11.5. The minimum atomic E-state index is -0.870. The van der Waals surface area contributed by atoms with E-state index in [-0.39, 0.29) is 6.42 Å². The lowest BCUT2D eigenvalue weighted by molar-refractivity contribution is -0.137. The molecule has 1 atom stereocenters. The Balaban J connectivity index is 2.19. The van der Waals surface area contributed by atoms with Crippen LogP contribution in [0.3, 0.4) is 0 Å². The van der Waals surface area contributed by atoms with Crippen molar-refractivity contribution in [3.05, 3.63) is 29.1 Å². The summed E-state index contributed by atoms with van der Waals surface area (Å²) >= 11 is 0. The molecule has 16 heavy (non-hydrogen) atoms. The summed E-state index contributed by atoms with van der Waals surface area (Å²) in [5, 5.41) is 8.68. The first-order valence-electron chi connectivity index (χ1n) is 5.62. The van der Waals surface area contributed by atoms with Gasteiger partial charge < -0.3 is 10.8 Å². The summed E-state index contributed by atoms with van der Waals surface area (Å²) < 4.78 is 0. The number of hydrogen-bond acceptors (Lipinski definition) is 3. The number of fused-ring (bicyclic) bond motifs is 1. The Morgan fingerprint density at radius 3 is 3.00 bits per heavy atom. The molecule has 0 saturated carbocycles. The molecule has 1 unspecified atom stereocenters. The highest BCUT2D eigenvalue weighted by atomic mass is 16.4. The third-order valence-electron chi connectivity index (χ3n) is 3.01. The first-order valence-corrected chi connectivity index (χ1v) is 5.62. The van der Waals surface area contributed by atoms with Gasteiger partial charge in [-0.2, -0.15) is 0 Å². The molecule has 2 rings (SSSR count). The van der Waals surface area contributed by atoms with Gasteiger partial charge in [0.2, 0.25) is 0 Å². The number of aryl methyl sites for hydroxylation is 2. The fourth-order valence-corrected chi connectivity index (χ4v) is 2.12. The van der Waals surface area contributed by atoms with Crippen LogP contribution >= 0.6 is 0 Å². The second-order valence-electron chi connectivity index (χ2n) is 4.29. The molecule has 0 aromatic carbocycles. The normalized spacial score (nSPS) is 16.6. The van der Waals surface area contributed by atoms with Gasteiger partial charge >= 0.3 is 5.97 Å². The number of hydrogen-bond donors (Lipinski definition) is 2. The van der Waals surface area contributed by atoms with E-state index in [0.29, 0.717) is 0 Å². The van der Waals surface area contributed by atoms with Crippen LogP contribution in [0.5, 0.6) is 0 Å². The van der Waals surface area contributed by atoms with Crippen LogP contribution in [0.1, 0.15) is 42.1 Å². The molecule has 1 heterocycles. The molecule has 1 aromatic rings. The Kier molecular flexibility index (Phi) is 3.19. The van der Waals surface area contributed by atoms with Crippen molar-refractivity contribution >= 4 is 5.97 Å². The van der Waals surface area contributed by atoms with Gasteiger partial charge in [0.1, 0.15) is 0 Å². The SMILES string of the molecule is NC(CC(=O)O)c1cnc2c(c1)CCCC2. The van der Waals surface area contributed by atoms with Gasteiger partial charge in [-0.3, -0.25) is 9.78 Å². The predicted molar refractivity (Wildman–Crippen MR) is 60.1 cm³/mol. The maximum absolute atomic E-state index is 10.6. The van der Waals surface area contributed by atoms with E-state index in [2.05, 4.69) is 4.98 Å². The molecule has 1 aliphatic carbocycles. The zero-order valence-corrected chi connectivity index (χ0v) is 9.15. The first-order chi connectivity index (χ1) is 7.66. The maximum Gasteiger partial charge on any atom is 0.305 e. The highest BCUT2D eigenvalue weighted by molar-refractivity contribution is 5.67. The molecule has 1 aliphatic rings. The molecule has 0 fully saturated rings. The van der Waals surface area contributed by atoms with Crippen molar-refractivity contribution in [1.29, 1.82) is 0 Å². The van der Waals surface area contributed by atoms with Crippen molar-refractivity contribution in [3.8, 4) is 0 Å². The number of aromatic nitrogens is 1. The average molecular weight is 220 g/mol. The minimum Gasteiger partial charge on any atom is -0.481 e. The summed E-state index contributed by atoms with van der Waals surface area (Å²) in [6.45, 7) is 0. The molecule has 0 aliphatic heterocycles. The van der Waals surface area contributed by atoms with Gasteiger partial charge in [-0.05, 0) is 36.8 Å². The summed E-state index contributed by atoms with van der Waals surface area (Å²) in [4.78, 5) is 14.9. The minimum absolute atomic E-state index is 0.0412. The van der Waals surface area contributed by atoms with Crippen molar-refractivity contribution in [2.24, 2.45) is 5.73 Å². The maximum atomic E-state index is 10.6. The van der Waals surface area contributed by atoms with E-state index in [1.165, 1.54) is 18.4 Å². The van der Waals surface area contributed by atoms with Gasteiger partial charge in [-0.1, -0.05) is 6.07 Å². The van der Waals surface area contributed by atoms with E-state index in [1.807, 2.05) is 6.07 Å².